The van der Waals surface area contributed by atoms with Crippen molar-refractivity contribution in [2.45, 2.75) is 45.1 Å². The highest BCUT2D eigenvalue weighted by Crippen LogP contribution is 2.25. The summed E-state index contributed by atoms with van der Waals surface area (Å²) in [4.78, 5) is 11.5. The Bertz CT molecular complexity index is 185. The normalized spacial score (nSPS) is 19.0. The fourth-order valence-corrected chi connectivity index (χ4v) is 1.66. The van der Waals surface area contributed by atoms with Crippen LogP contribution < -0.4 is 5.32 Å². The van der Waals surface area contributed by atoms with Crippen LogP contribution in [-0.4, -0.2) is 18.1 Å². The van der Waals surface area contributed by atoms with Gasteiger partial charge in [-0.3, -0.25) is 4.79 Å². The Balaban J connectivity index is 2.40. The molecule has 1 rings (SSSR count). The SMILES string of the molecule is CC(C)(CF)NC(=O)C1CCCC1. The zero-order valence-corrected chi connectivity index (χ0v) is 8.40. The highest BCUT2D eigenvalue weighted by molar-refractivity contribution is 5.79. The van der Waals surface area contributed by atoms with Crippen molar-refractivity contribution in [1.82, 2.24) is 5.32 Å². The molecule has 2 nitrogen and oxygen atoms in total. The van der Waals surface area contributed by atoms with Crippen LogP contribution in [0.4, 0.5) is 4.39 Å². The summed E-state index contributed by atoms with van der Waals surface area (Å²) in [7, 11) is 0. The average Bonchev–Trinajstić information content (AvgIpc) is 2.55. The second kappa shape index (κ2) is 4.07. The molecule has 1 aliphatic rings. The van der Waals surface area contributed by atoms with E-state index in [1.807, 2.05) is 0 Å². The molecule has 0 aliphatic heterocycles. The molecule has 0 aromatic rings. The van der Waals surface area contributed by atoms with E-state index in [-0.39, 0.29) is 11.8 Å². The first-order valence-corrected chi connectivity index (χ1v) is 4.93. The van der Waals surface area contributed by atoms with Gasteiger partial charge in [-0.05, 0) is 26.7 Å². The Morgan fingerprint density at radius 3 is 2.46 bits per heavy atom. The summed E-state index contributed by atoms with van der Waals surface area (Å²) in [6.07, 6.45) is 4.20. The summed E-state index contributed by atoms with van der Waals surface area (Å²) in [6, 6.07) is 0. The Kier molecular flexibility index (Phi) is 3.28. The Labute approximate surface area is 78.9 Å². The van der Waals surface area contributed by atoms with Gasteiger partial charge < -0.3 is 5.32 Å². The second-order valence-electron chi connectivity index (χ2n) is 4.49. The van der Waals surface area contributed by atoms with Crippen LogP contribution in [0.5, 0.6) is 0 Å². The number of hydrogen-bond acceptors (Lipinski definition) is 1. The lowest BCUT2D eigenvalue weighted by atomic mass is 10.0. The van der Waals surface area contributed by atoms with Crippen LogP contribution in [0.25, 0.3) is 0 Å². The van der Waals surface area contributed by atoms with Crippen LogP contribution >= 0.6 is 0 Å². The molecule has 76 valence electrons. The molecule has 0 spiro atoms. The topological polar surface area (TPSA) is 29.1 Å². The van der Waals surface area contributed by atoms with Gasteiger partial charge in [0.1, 0.15) is 6.67 Å². The maximum atomic E-state index is 12.4. The van der Waals surface area contributed by atoms with Crippen LogP contribution in [0.15, 0.2) is 0 Å². The third kappa shape index (κ3) is 2.98. The largest absolute Gasteiger partial charge is 0.348 e. The van der Waals surface area contributed by atoms with Gasteiger partial charge in [0.15, 0.2) is 0 Å². The zero-order chi connectivity index (χ0) is 9.90. The van der Waals surface area contributed by atoms with Gasteiger partial charge in [0.25, 0.3) is 0 Å². The number of alkyl halides is 1. The standard InChI is InChI=1S/C10H18FNO/c1-10(2,7-11)12-9(13)8-5-3-4-6-8/h8H,3-7H2,1-2H3,(H,12,13). The van der Waals surface area contributed by atoms with E-state index in [4.69, 9.17) is 0 Å². The minimum absolute atomic E-state index is 0.0279. The third-order valence-corrected chi connectivity index (χ3v) is 2.52. The number of halogens is 1. The van der Waals surface area contributed by atoms with Crippen LogP contribution in [-0.2, 0) is 4.79 Å². The van der Waals surface area contributed by atoms with Gasteiger partial charge in [0.2, 0.25) is 5.91 Å². The summed E-state index contributed by atoms with van der Waals surface area (Å²) in [6.45, 7) is 2.91. The van der Waals surface area contributed by atoms with Crippen molar-refractivity contribution in [2.24, 2.45) is 5.92 Å². The summed E-state index contributed by atoms with van der Waals surface area (Å²) in [5.41, 5.74) is -0.695. The number of carbonyl (C=O) groups is 1. The van der Waals surface area contributed by atoms with E-state index in [0.29, 0.717) is 0 Å². The molecule has 1 fully saturated rings. The predicted octanol–water partition coefficient (Wildman–Crippen LogP) is 2.04. The number of carbonyl (C=O) groups excluding carboxylic acids is 1. The van der Waals surface area contributed by atoms with Crippen molar-refractivity contribution in [3.63, 3.8) is 0 Å². The average molecular weight is 187 g/mol. The molecule has 1 aliphatic carbocycles. The number of nitrogens with one attached hydrogen (secondary N) is 1. The Hall–Kier alpha value is -0.600. The van der Waals surface area contributed by atoms with Gasteiger partial charge in [-0.15, -0.1) is 0 Å². The van der Waals surface area contributed by atoms with Crippen molar-refractivity contribution in [3.8, 4) is 0 Å². The monoisotopic (exact) mass is 187 g/mol. The zero-order valence-electron chi connectivity index (χ0n) is 8.40. The Morgan fingerprint density at radius 2 is 2.00 bits per heavy atom. The molecule has 0 aromatic carbocycles. The molecule has 1 saturated carbocycles. The smallest absolute Gasteiger partial charge is 0.223 e. The first-order chi connectivity index (χ1) is 6.05. The van der Waals surface area contributed by atoms with E-state index in [1.165, 1.54) is 0 Å². The van der Waals surface area contributed by atoms with Gasteiger partial charge in [-0.1, -0.05) is 12.8 Å². The minimum atomic E-state index is -0.695. The van der Waals surface area contributed by atoms with Gasteiger partial charge in [0.05, 0.1) is 5.54 Å². The van der Waals surface area contributed by atoms with Crippen molar-refractivity contribution in [1.29, 1.82) is 0 Å². The molecular weight excluding hydrogens is 169 g/mol. The van der Waals surface area contributed by atoms with E-state index in [1.54, 1.807) is 13.8 Å². The van der Waals surface area contributed by atoms with Crippen LogP contribution in [0, 0.1) is 5.92 Å². The molecule has 0 unspecified atom stereocenters. The van der Waals surface area contributed by atoms with Crippen molar-refractivity contribution < 1.29 is 9.18 Å². The quantitative estimate of drug-likeness (QED) is 0.719. The molecule has 1 N–H and O–H groups in total. The third-order valence-electron chi connectivity index (χ3n) is 2.52. The molecule has 0 heterocycles. The van der Waals surface area contributed by atoms with Gasteiger partial charge in [-0.25, -0.2) is 4.39 Å². The van der Waals surface area contributed by atoms with Crippen LogP contribution in [0.3, 0.4) is 0 Å². The molecule has 0 aromatic heterocycles. The number of hydrogen-bond donors (Lipinski definition) is 1. The minimum Gasteiger partial charge on any atom is -0.348 e. The first-order valence-electron chi connectivity index (χ1n) is 4.93. The van der Waals surface area contributed by atoms with Crippen molar-refractivity contribution in [2.75, 3.05) is 6.67 Å². The second-order valence-corrected chi connectivity index (χ2v) is 4.49. The van der Waals surface area contributed by atoms with Crippen LogP contribution in [0.2, 0.25) is 0 Å². The lowest BCUT2D eigenvalue weighted by Crippen LogP contribution is -2.47. The maximum Gasteiger partial charge on any atom is 0.223 e. The fraction of sp³-hybridized carbons (Fsp3) is 0.900. The lowest BCUT2D eigenvalue weighted by Gasteiger charge is -2.24. The Morgan fingerprint density at radius 1 is 1.46 bits per heavy atom. The van der Waals surface area contributed by atoms with E-state index >= 15 is 0 Å². The van der Waals surface area contributed by atoms with E-state index < -0.39 is 12.2 Å². The summed E-state index contributed by atoms with van der Waals surface area (Å²) < 4.78 is 12.4. The summed E-state index contributed by atoms with van der Waals surface area (Å²) >= 11 is 0. The molecule has 1 amide bonds. The highest BCUT2D eigenvalue weighted by Gasteiger charge is 2.27. The predicted molar refractivity (Wildman–Crippen MR) is 50.2 cm³/mol. The van der Waals surface area contributed by atoms with Crippen molar-refractivity contribution >= 4 is 5.91 Å². The van der Waals surface area contributed by atoms with Gasteiger partial charge in [-0.2, -0.15) is 0 Å². The summed E-state index contributed by atoms with van der Waals surface area (Å²) in [5, 5.41) is 2.73. The van der Waals surface area contributed by atoms with E-state index in [0.717, 1.165) is 25.7 Å². The first kappa shape index (κ1) is 10.5. The van der Waals surface area contributed by atoms with Gasteiger partial charge >= 0.3 is 0 Å². The van der Waals surface area contributed by atoms with Crippen LogP contribution in [0.1, 0.15) is 39.5 Å². The summed E-state index contributed by atoms with van der Waals surface area (Å²) in [5.74, 6) is 0.158. The molecule has 0 radical (unpaired) electrons. The number of rotatable bonds is 3. The molecular formula is C10H18FNO. The molecule has 13 heavy (non-hydrogen) atoms. The number of amides is 1. The van der Waals surface area contributed by atoms with Crippen molar-refractivity contribution in [3.05, 3.63) is 0 Å². The molecule has 0 saturated heterocycles. The highest BCUT2D eigenvalue weighted by atomic mass is 19.1. The molecule has 0 bridgehead atoms. The maximum absolute atomic E-state index is 12.4. The molecule has 0 atom stereocenters. The molecule has 3 heteroatoms. The fourth-order valence-electron chi connectivity index (χ4n) is 1.66. The van der Waals surface area contributed by atoms with E-state index in [2.05, 4.69) is 5.32 Å². The lowest BCUT2D eigenvalue weighted by molar-refractivity contribution is -0.126. The van der Waals surface area contributed by atoms with E-state index in [9.17, 15) is 9.18 Å². The van der Waals surface area contributed by atoms with Gasteiger partial charge in [0, 0.05) is 5.92 Å².